The van der Waals surface area contributed by atoms with E-state index in [4.69, 9.17) is 0 Å². The Balaban J connectivity index is 1.81. The lowest BCUT2D eigenvalue weighted by atomic mass is 10.1. The number of benzene rings is 1. The van der Waals surface area contributed by atoms with Gasteiger partial charge in [-0.2, -0.15) is 14.9 Å². The maximum absolute atomic E-state index is 11.1. The van der Waals surface area contributed by atoms with Crippen LogP contribution in [0.3, 0.4) is 0 Å². The lowest BCUT2D eigenvalue weighted by Gasteiger charge is -2.04. The summed E-state index contributed by atoms with van der Waals surface area (Å²) in [4.78, 5) is 10.7. The molecule has 0 saturated carbocycles. The Morgan fingerprint density at radius 2 is 1.96 bits per heavy atom. The van der Waals surface area contributed by atoms with Gasteiger partial charge in [-0.1, -0.05) is 36.0 Å². The van der Waals surface area contributed by atoms with E-state index in [1.165, 1.54) is 11.8 Å². The minimum Gasteiger partial charge on any atom is -0.258 e. The average Bonchev–Trinajstić information content (AvgIpc) is 3.11. The number of aryl methyl sites for hydroxylation is 3. The molecule has 10 heteroatoms. The van der Waals surface area contributed by atoms with Crippen molar-refractivity contribution in [1.29, 1.82) is 0 Å². The van der Waals surface area contributed by atoms with Crippen LogP contribution in [0.25, 0.3) is 0 Å². The summed E-state index contributed by atoms with van der Waals surface area (Å²) in [6, 6.07) is 7.94. The zero-order valence-electron chi connectivity index (χ0n) is 15.4. The molecule has 0 aliphatic rings. The molecular formula is C17H19N7O2S. The molecule has 0 saturated heterocycles. The maximum Gasteiger partial charge on any atom is 0.312 e. The quantitative estimate of drug-likeness (QED) is 0.279. The van der Waals surface area contributed by atoms with Crippen molar-refractivity contribution in [2.45, 2.75) is 38.7 Å². The first-order valence-electron chi connectivity index (χ1n) is 8.21. The second-order valence-corrected chi connectivity index (χ2v) is 6.90. The third-order valence-electron chi connectivity index (χ3n) is 4.11. The summed E-state index contributed by atoms with van der Waals surface area (Å²) >= 11 is 1.36. The number of nitrogens with zero attached hydrogens (tertiary/aromatic N) is 7. The summed E-state index contributed by atoms with van der Waals surface area (Å²) in [5, 5.41) is 28.7. The summed E-state index contributed by atoms with van der Waals surface area (Å²) in [5.41, 5.74) is 3.09. The van der Waals surface area contributed by atoms with Gasteiger partial charge >= 0.3 is 5.69 Å². The molecule has 3 aromatic rings. The van der Waals surface area contributed by atoms with Crippen LogP contribution in [0.4, 0.5) is 5.69 Å². The molecule has 0 fully saturated rings. The Hall–Kier alpha value is -3.01. The van der Waals surface area contributed by atoms with Gasteiger partial charge in [-0.25, -0.2) is 0 Å². The molecular weight excluding hydrogens is 366 g/mol. The first-order chi connectivity index (χ1) is 12.9. The highest BCUT2D eigenvalue weighted by Crippen LogP contribution is 2.25. The van der Waals surface area contributed by atoms with Crippen molar-refractivity contribution in [2.75, 3.05) is 0 Å². The fraction of sp³-hybridized carbons (Fsp3) is 0.294. The predicted octanol–water partition coefficient (Wildman–Crippen LogP) is 3.25. The Bertz CT molecular complexity index is 1020. The molecule has 27 heavy (non-hydrogen) atoms. The van der Waals surface area contributed by atoms with E-state index in [0.717, 1.165) is 11.1 Å². The molecule has 140 valence electrons. The zero-order chi connectivity index (χ0) is 19.6. The monoisotopic (exact) mass is 385 g/mol. The summed E-state index contributed by atoms with van der Waals surface area (Å²) in [5.74, 6) is 1.03. The molecule has 0 bridgehead atoms. The third kappa shape index (κ3) is 3.90. The molecule has 0 atom stereocenters. The van der Waals surface area contributed by atoms with E-state index in [1.54, 1.807) is 29.4 Å². The van der Waals surface area contributed by atoms with Gasteiger partial charge in [0.1, 0.15) is 11.4 Å². The van der Waals surface area contributed by atoms with Crippen molar-refractivity contribution in [3.05, 3.63) is 62.7 Å². The molecule has 3 rings (SSSR count). The minimum absolute atomic E-state index is 0.0471. The molecule has 2 aromatic heterocycles. The fourth-order valence-electron chi connectivity index (χ4n) is 2.61. The summed E-state index contributed by atoms with van der Waals surface area (Å²) in [7, 11) is 0. The first kappa shape index (κ1) is 18.8. The molecule has 9 nitrogen and oxygen atoms in total. The molecule has 0 aliphatic heterocycles. The van der Waals surface area contributed by atoms with E-state index in [1.807, 2.05) is 38.1 Å². The first-order valence-corrected chi connectivity index (χ1v) is 9.20. The highest BCUT2D eigenvalue weighted by Gasteiger charge is 2.22. The Labute approximate surface area is 160 Å². The number of hydrogen-bond acceptors (Lipinski definition) is 7. The van der Waals surface area contributed by atoms with Gasteiger partial charge in [0.05, 0.1) is 17.0 Å². The lowest BCUT2D eigenvalue weighted by Crippen LogP contribution is -2.02. The van der Waals surface area contributed by atoms with Gasteiger partial charge in [0.2, 0.25) is 5.16 Å². The third-order valence-corrected chi connectivity index (χ3v) is 5.00. The maximum atomic E-state index is 11.1. The van der Waals surface area contributed by atoms with Crippen LogP contribution in [0.5, 0.6) is 0 Å². The van der Waals surface area contributed by atoms with Crippen LogP contribution >= 0.6 is 11.8 Å². The minimum atomic E-state index is -0.405. The van der Waals surface area contributed by atoms with Crippen LogP contribution in [-0.2, 0) is 5.88 Å². The average molecular weight is 385 g/mol. The van der Waals surface area contributed by atoms with Gasteiger partial charge in [0, 0.05) is 0 Å². The lowest BCUT2D eigenvalue weighted by molar-refractivity contribution is -0.386. The SMILES string of the molecule is Cc1ccccc1/C=N/n1c(C)nnc1SCn1nc(C)c([N+](=O)[O-])c1C. The Kier molecular flexibility index (Phi) is 5.36. The van der Waals surface area contributed by atoms with E-state index >= 15 is 0 Å². The molecule has 2 heterocycles. The van der Waals surface area contributed by atoms with Crippen molar-refractivity contribution in [3.63, 3.8) is 0 Å². The van der Waals surface area contributed by atoms with Gasteiger partial charge < -0.3 is 0 Å². The van der Waals surface area contributed by atoms with Crippen molar-refractivity contribution in [2.24, 2.45) is 5.10 Å². The molecule has 0 N–H and O–H groups in total. The van der Waals surface area contributed by atoms with Crippen LogP contribution in [0.2, 0.25) is 0 Å². The second-order valence-electron chi connectivity index (χ2n) is 5.99. The van der Waals surface area contributed by atoms with Gasteiger partial charge in [-0.15, -0.1) is 10.2 Å². The van der Waals surface area contributed by atoms with Crippen LogP contribution in [-0.4, -0.2) is 35.8 Å². The summed E-state index contributed by atoms with van der Waals surface area (Å²) in [6.45, 7) is 7.16. The highest BCUT2D eigenvalue weighted by atomic mass is 32.2. The van der Waals surface area contributed by atoms with E-state index in [2.05, 4.69) is 20.4 Å². The fourth-order valence-corrected chi connectivity index (χ4v) is 3.50. The van der Waals surface area contributed by atoms with Crippen LogP contribution in [0.1, 0.15) is 28.3 Å². The van der Waals surface area contributed by atoms with Gasteiger partial charge in [-0.3, -0.25) is 14.8 Å². The number of thioether (sulfide) groups is 1. The van der Waals surface area contributed by atoms with Gasteiger partial charge in [0.25, 0.3) is 0 Å². The van der Waals surface area contributed by atoms with Crippen LogP contribution in [0, 0.1) is 37.8 Å². The number of nitro groups is 1. The normalized spacial score (nSPS) is 11.4. The van der Waals surface area contributed by atoms with Crippen molar-refractivity contribution in [1.82, 2.24) is 24.7 Å². The topological polar surface area (TPSA) is 104 Å². The second kappa shape index (κ2) is 7.70. The van der Waals surface area contributed by atoms with Crippen molar-refractivity contribution in [3.8, 4) is 0 Å². The summed E-state index contributed by atoms with van der Waals surface area (Å²) < 4.78 is 3.24. The van der Waals surface area contributed by atoms with Crippen LogP contribution < -0.4 is 0 Å². The van der Waals surface area contributed by atoms with E-state index in [9.17, 15) is 10.1 Å². The zero-order valence-corrected chi connectivity index (χ0v) is 16.3. The number of rotatable bonds is 6. The highest BCUT2D eigenvalue weighted by molar-refractivity contribution is 7.98. The number of aromatic nitrogens is 5. The van der Waals surface area contributed by atoms with Crippen molar-refractivity contribution >= 4 is 23.7 Å². The molecule has 0 unspecified atom stereocenters. The van der Waals surface area contributed by atoms with E-state index in [0.29, 0.717) is 28.2 Å². The molecule has 0 spiro atoms. The predicted molar refractivity (Wildman–Crippen MR) is 103 cm³/mol. The molecule has 1 aromatic carbocycles. The van der Waals surface area contributed by atoms with Gasteiger partial charge in [-0.05, 0) is 38.8 Å². The largest absolute Gasteiger partial charge is 0.312 e. The smallest absolute Gasteiger partial charge is 0.258 e. The van der Waals surface area contributed by atoms with Crippen molar-refractivity contribution < 1.29 is 4.92 Å². The Morgan fingerprint density at radius 1 is 1.22 bits per heavy atom. The molecule has 0 radical (unpaired) electrons. The standard InChI is InChI=1S/C17H19N7O2S/c1-11-7-5-6-8-15(11)9-18-23-14(4)19-20-17(23)27-10-22-13(3)16(24(25)26)12(2)21-22/h5-9H,10H2,1-4H3/b18-9+. The number of hydrogen-bond donors (Lipinski definition) is 0. The molecule has 0 aliphatic carbocycles. The van der Waals surface area contributed by atoms with E-state index in [-0.39, 0.29) is 5.69 Å². The summed E-state index contributed by atoms with van der Waals surface area (Å²) in [6.07, 6.45) is 1.77. The van der Waals surface area contributed by atoms with Crippen LogP contribution in [0.15, 0.2) is 34.5 Å². The van der Waals surface area contributed by atoms with E-state index < -0.39 is 4.92 Å². The van der Waals surface area contributed by atoms with Gasteiger partial charge in [0.15, 0.2) is 5.82 Å². The Morgan fingerprint density at radius 3 is 2.63 bits per heavy atom. The molecule has 0 amide bonds.